The molecule has 0 N–H and O–H groups in total. The largest absolute Gasteiger partial charge is 0.347 e. The van der Waals surface area contributed by atoms with E-state index in [4.69, 9.17) is 0 Å². The smallest absolute Gasteiger partial charge is 0.243 e. The number of likely N-dealkylation sites (N-methyl/N-ethyl adjacent to an activating group) is 1. The highest BCUT2D eigenvalue weighted by Gasteiger charge is 2.43. The van der Waals surface area contributed by atoms with Gasteiger partial charge in [-0.15, -0.1) is 0 Å². The molecule has 1 saturated heterocycles. The molecule has 1 amide bonds. The Bertz CT molecular complexity index is 1070. The van der Waals surface area contributed by atoms with Crippen molar-refractivity contribution in [3.05, 3.63) is 60.7 Å². The molecule has 156 valence electrons. The molecule has 2 aromatic carbocycles. The van der Waals surface area contributed by atoms with Gasteiger partial charge in [0.15, 0.2) is 0 Å². The van der Waals surface area contributed by atoms with Crippen LogP contribution in [-0.4, -0.2) is 76.0 Å². The summed E-state index contributed by atoms with van der Waals surface area (Å²) in [7, 11) is -4.78. The van der Waals surface area contributed by atoms with E-state index in [-0.39, 0.29) is 29.4 Å². The summed E-state index contributed by atoms with van der Waals surface area (Å²) in [5.41, 5.74) is 0. The van der Waals surface area contributed by atoms with Crippen LogP contribution >= 0.6 is 0 Å². The second-order valence-electron chi connectivity index (χ2n) is 6.85. The van der Waals surface area contributed by atoms with Crippen molar-refractivity contribution < 1.29 is 21.6 Å². The van der Waals surface area contributed by atoms with Crippen molar-refractivity contribution >= 4 is 26.0 Å². The van der Waals surface area contributed by atoms with E-state index in [1.165, 1.54) is 47.6 Å². The van der Waals surface area contributed by atoms with Gasteiger partial charge >= 0.3 is 0 Å². The van der Waals surface area contributed by atoms with Gasteiger partial charge in [0.2, 0.25) is 26.0 Å². The first-order chi connectivity index (χ1) is 13.7. The lowest BCUT2D eigenvalue weighted by molar-refractivity contribution is -0.133. The van der Waals surface area contributed by atoms with Gasteiger partial charge in [-0.3, -0.25) is 4.79 Å². The van der Waals surface area contributed by atoms with Crippen LogP contribution in [0.3, 0.4) is 0 Å². The first-order valence-electron chi connectivity index (χ1n) is 8.99. The number of rotatable bonds is 5. The standard InChI is InChI=1S/C19H23N3O5S2/c1-20(2)19(23)18-15-21(28(24,25)16-9-5-3-6-10-16)13-14-22(18)29(26,27)17-11-7-4-8-12-17/h3-12,18H,13-15H2,1-2H3/t18-/m1/s1. The second-order valence-corrected chi connectivity index (χ2v) is 10.7. The lowest BCUT2D eigenvalue weighted by atomic mass is 10.2. The summed E-state index contributed by atoms with van der Waals surface area (Å²) in [4.78, 5) is 14.2. The molecule has 2 aromatic rings. The molecule has 1 aliphatic rings. The minimum Gasteiger partial charge on any atom is -0.347 e. The number of hydrogen-bond donors (Lipinski definition) is 0. The fourth-order valence-corrected chi connectivity index (χ4v) is 6.26. The zero-order valence-electron chi connectivity index (χ0n) is 16.2. The summed E-state index contributed by atoms with van der Waals surface area (Å²) in [6.07, 6.45) is 0. The van der Waals surface area contributed by atoms with Crippen molar-refractivity contribution in [1.82, 2.24) is 13.5 Å². The third-order valence-electron chi connectivity index (χ3n) is 4.75. The Morgan fingerprint density at radius 1 is 0.828 bits per heavy atom. The maximum Gasteiger partial charge on any atom is 0.243 e. The monoisotopic (exact) mass is 437 g/mol. The molecule has 29 heavy (non-hydrogen) atoms. The number of nitrogens with zero attached hydrogens (tertiary/aromatic N) is 3. The van der Waals surface area contributed by atoms with Crippen molar-refractivity contribution in [3.63, 3.8) is 0 Å². The van der Waals surface area contributed by atoms with Crippen molar-refractivity contribution in [1.29, 1.82) is 0 Å². The highest BCUT2D eigenvalue weighted by molar-refractivity contribution is 7.89. The Morgan fingerprint density at radius 3 is 1.79 bits per heavy atom. The van der Waals surface area contributed by atoms with E-state index >= 15 is 0 Å². The molecule has 0 aromatic heterocycles. The van der Waals surface area contributed by atoms with Crippen LogP contribution in [0.15, 0.2) is 70.5 Å². The van der Waals surface area contributed by atoms with Gasteiger partial charge < -0.3 is 4.90 Å². The fourth-order valence-electron chi connectivity index (χ4n) is 3.22. The average molecular weight is 438 g/mol. The highest BCUT2D eigenvalue weighted by atomic mass is 32.2. The molecule has 0 saturated carbocycles. The Morgan fingerprint density at radius 2 is 1.31 bits per heavy atom. The first-order valence-corrected chi connectivity index (χ1v) is 11.9. The SMILES string of the molecule is CN(C)C(=O)[C@H]1CN(S(=O)(=O)c2ccccc2)CCN1S(=O)(=O)c1ccccc1. The van der Waals surface area contributed by atoms with E-state index in [1.54, 1.807) is 36.4 Å². The van der Waals surface area contributed by atoms with E-state index < -0.39 is 32.0 Å². The number of amides is 1. The summed E-state index contributed by atoms with van der Waals surface area (Å²) in [6.45, 7) is -0.408. The van der Waals surface area contributed by atoms with Crippen LogP contribution in [0.5, 0.6) is 0 Å². The minimum atomic E-state index is -3.96. The summed E-state index contributed by atoms with van der Waals surface area (Å²) in [5.74, 6) is -0.475. The van der Waals surface area contributed by atoms with Gasteiger partial charge in [-0.2, -0.15) is 8.61 Å². The fraction of sp³-hybridized carbons (Fsp3) is 0.316. The second kappa shape index (κ2) is 8.23. The lowest BCUT2D eigenvalue weighted by Crippen LogP contribution is -2.61. The number of carbonyl (C=O) groups is 1. The van der Waals surface area contributed by atoms with Crippen molar-refractivity contribution in [2.24, 2.45) is 0 Å². The molecular weight excluding hydrogens is 414 g/mol. The third-order valence-corrected chi connectivity index (χ3v) is 8.55. The normalized spacial score (nSPS) is 19.0. The van der Waals surface area contributed by atoms with Crippen molar-refractivity contribution in [3.8, 4) is 0 Å². The molecule has 8 nitrogen and oxygen atoms in total. The van der Waals surface area contributed by atoms with Gasteiger partial charge in [-0.25, -0.2) is 16.8 Å². The number of sulfonamides is 2. The van der Waals surface area contributed by atoms with Crippen molar-refractivity contribution in [2.45, 2.75) is 15.8 Å². The van der Waals surface area contributed by atoms with Crippen LogP contribution in [-0.2, 0) is 24.8 Å². The number of hydrogen-bond acceptors (Lipinski definition) is 5. The zero-order valence-corrected chi connectivity index (χ0v) is 17.8. The summed E-state index contributed by atoms with van der Waals surface area (Å²) in [6, 6.07) is 14.6. The minimum absolute atomic E-state index is 0.0412. The maximum absolute atomic E-state index is 13.1. The topological polar surface area (TPSA) is 95.1 Å². The van der Waals surface area contributed by atoms with Gasteiger partial charge in [0, 0.05) is 33.7 Å². The van der Waals surface area contributed by atoms with Gasteiger partial charge in [-0.05, 0) is 24.3 Å². The molecule has 1 heterocycles. The molecule has 10 heteroatoms. The van der Waals surface area contributed by atoms with E-state index in [0.717, 1.165) is 4.31 Å². The van der Waals surface area contributed by atoms with Gasteiger partial charge in [0.25, 0.3) is 0 Å². The van der Waals surface area contributed by atoms with Crippen LogP contribution in [0.1, 0.15) is 0 Å². The molecule has 1 aliphatic heterocycles. The van der Waals surface area contributed by atoms with Crippen LogP contribution < -0.4 is 0 Å². The Hall–Kier alpha value is -2.27. The predicted molar refractivity (Wildman–Crippen MR) is 108 cm³/mol. The summed E-state index contributed by atoms with van der Waals surface area (Å²) >= 11 is 0. The molecule has 0 unspecified atom stereocenters. The lowest BCUT2D eigenvalue weighted by Gasteiger charge is -2.39. The van der Waals surface area contributed by atoms with Crippen LogP contribution in [0.25, 0.3) is 0 Å². The van der Waals surface area contributed by atoms with Gasteiger partial charge in [0.1, 0.15) is 6.04 Å². The molecule has 3 rings (SSSR count). The van der Waals surface area contributed by atoms with Crippen LogP contribution in [0.4, 0.5) is 0 Å². The molecule has 1 fully saturated rings. The Balaban J connectivity index is 1.97. The molecular formula is C19H23N3O5S2. The molecule has 0 bridgehead atoms. The zero-order chi connectivity index (χ0) is 21.2. The first kappa shape index (κ1) is 21.4. The number of piperazine rings is 1. The highest BCUT2D eigenvalue weighted by Crippen LogP contribution is 2.25. The molecule has 1 atom stereocenters. The Kier molecular flexibility index (Phi) is 6.08. The maximum atomic E-state index is 13.1. The van der Waals surface area contributed by atoms with E-state index in [1.807, 2.05) is 0 Å². The Labute approximate surface area is 171 Å². The summed E-state index contributed by atoms with van der Waals surface area (Å²) in [5, 5.41) is 0. The summed E-state index contributed by atoms with van der Waals surface area (Å²) < 4.78 is 54.5. The van der Waals surface area contributed by atoms with E-state index in [0.29, 0.717) is 0 Å². The van der Waals surface area contributed by atoms with Gasteiger partial charge in [0.05, 0.1) is 9.79 Å². The number of benzene rings is 2. The van der Waals surface area contributed by atoms with Crippen LogP contribution in [0.2, 0.25) is 0 Å². The quantitative estimate of drug-likeness (QED) is 0.691. The predicted octanol–water partition coefficient (Wildman–Crippen LogP) is 0.839. The third kappa shape index (κ3) is 4.20. The average Bonchev–Trinajstić information content (AvgIpc) is 2.74. The molecule has 0 radical (unpaired) electrons. The molecule has 0 aliphatic carbocycles. The molecule has 0 spiro atoms. The van der Waals surface area contributed by atoms with Crippen molar-refractivity contribution in [2.75, 3.05) is 33.7 Å². The number of carbonyl (C=O) groups excluding carboxylic acids is 1. The van der Waals surface area contributed by atoms with E-state index in [2.05, 4.69) is 0 Å². The van der Waals surface area contributed by atoms with Gasteiger partial charge in [-0.1, -0.05) is 36.4 Å². The van der Waals surface area contributed by atoms with E-state index in [9.17, 15) is 21.6 Å². The van der Waals surface area contributed by atoms with Crippen LogP contribution in [0, 0.1) is 0 Å².